The van der Waals surface area contributed by atoms with Gasteiger partial charge in [0.05, 0.1) is 13.7 Å². The number of piperidine rings is 1. The summed E-state index contributed by atoms with van der Waals surface area (Å²) in [6.45, 7) is 7.21. The van der Waals surface area contributed by atoms with Crippen LogP contribution in [0.2, 0.25) is 0 Å². The van der Waals surface area contributed by atoms with Crippen LogP contribution in [0.3, 0.4) is 0 Å². The number of rotatable bonds is 7. The van der Waals surface area contributed by atoms with Gasteiger partial charge >= 0.3 is 6.01 Å². The summed E-state index contributed by atoms with van der Waals surface area (Å²) in [5, 5.41) is 4.17. The Balaban J connectivity index is 1.15. The Kier molecular flexibility index (Phi) is 7.25. The van der Waals surface area contributed by atoms with Crippen molar-refractivity contribution in [2.24, 2.45) is 5.92 Å². The maximum Gasteiger partial charge on any atom is 0.324 e. The molecule has 190 valence electrons. The van der Waals surface area contributed by atoms with Crippen LogP contribution >= 0.6 is 0 Å². The van der Waals surface area contributed by atoms with E-state index in [-0.39, 0.29) is 11.8 Å². The summed E-state index contributed by atoms with van der Waals surface area (Å²) >= 11 is 0. The average molecular weight is 492 g/mol. The van der Waals surface area contributed by atoms with Gasteiger partial charge < -0.3 is 28.7 Å². The van der Waals surface area contributed by atoms with Crippen molar-refractivity contribution in [3.05, 3.63) is 48.5 Å². The number of ether oxygens (including phenoxy) is 2. The molecule has 0 saturated carbocycles. The van der Waals surface area contributed by atoms with Crippen molar-refractivity contribution in [2.75, 3.05) is 62.8 Å². The fraction of sp³-hybridized carbons (Fsp3) is 0.444. The summed E-state index contributed by atoms with van der Waals surface area (Å²) < 4.78 is 16.6. The SMILES string of the molecule is CCOc1ccc(-c2noc(N3CCC(C(=O)N4CCN(c5ccccc5)CC4)CC3)n2)cc1OC. The van der Waals surface area contributed by atoms with Crippen molar-refractivity contribution in [3.8, 4) is 22.9 Å². The van der Waals surface area contributed by atoms with Gasteiger partial charge in [0.2, 0.25) is 11.7 Å². The molecule has 2 aliphatic rings. The predicted octanol–water partition coefficient (Wildman–Crippen LogP) is 3.71. The molecule has 0 aliphatic carbocycles. The summed E-state index contributed by atoms with van der Waals surface area (Å²) in [7, 11) is 1.61. The third-order valence-corrected chi connectivity index (χ3v) is 6.96. The van der Waals surface area contributed by atoms with Gasteiger partial charge in [-0.2, -0.15) is 4.98 Å². The first kappa shape index (κ1) is 24.0. The van der Waals surface area contributed by atoms with E-state index in [0.29, 0.717) is 43.0 Å². The number of carbonyl (C=O) groups excluding carboxylic acids is 1. The molecule has 3 heterocycles. The molecule has 9 heteroatoms. The minimum absolute atomic E-state index is 0.0438. The summed E-state index contributed by atoms with van der Waals surface area (Å²) in [6, 6.07) is 16.5. The fourth-order valence-electron chi connectivity index (χ4n) is 4.94. The number of anilines is 2. The molecule has 2 saturated heterocycles. The molecule has 0 N–H and O–H groups in total. The standard InChI is InChI=1S/C27H33N5O4/c1-3-35-23-10-9-21(19-24(23)34-2)25-28-27(36-29-25)32-13-11-20(12-14-32)26(33)31-17-15-30(16-18-31)22-7-5-4-6-8-22/h4-10,19-20H,3,11-18H2,1-2H3. The first-order chi connectivity index (χ1) is 17.7. The Morgan fingerprint density at radius 3 is 2.42 bits per heavy atom. The molecule has 2 fully saturated rings. The Morgan fingerprint density at radius 1 is 0.972 bits per heavy atom. The molecule has 0 spiro atoms. The zero-order chi connectivity index (χ0) is 24.9. The number of amides is 1. The van der Waals surface area contributed by atoms with E-state index in [0.717, 1.165) is 44.6 Å². The van der Waals surface area contributed by atoms with E-state index in [1.54, 1.807) is 7.11 Å². The van der Waals surface area contributed by atoms with Crippen LogP contribution in [-0.2, 0) is 4.79 Å². The topological polar surface area (TPSA) is 84.2 Å². The number of hydrogen-bond donors (Lipinski definition) is 0. The van der Waals surface area contributed by atoms with E-state index >= 15 is 0 Å². The summed E-state index contributed by atoms with van der Waals surface area (Å²) in [4.78, 5) is 24.2. The lowest BCUT2D eigenvalue weighted by Crippen LogP contribution is -2.51. The highest BCUT2D eigenvalue weighted by atomic mass is 16.5. The van der Waals surface area contributed by atoms with Crippen LogP contribution in [0.15, 0.2) is 53.1 Å². The number of carbonyl (C=O) groups is 1. The molecule has 0 unspecified atom stereocenters. The monoisotopic (exact) mass is 491 g/mol. The second-order valence-electron chi connectivity index (χ2n) is 9.11. The van der Waals surface area contributed by atoms with Crippen molar-refractivity contribution in [1.29, 1.82) is 0 Å². The Bertz CT molecular complexity index is 1150. The average Bonchev–Trinajstić information content (AvgIpc) is 3.44. The molecule has 3 aromatic rings. The fourth-order valence-corrected chi connectivity index (χ4v) is 4.94. The van der Waals surface area contributed by atoms with E-state index < -0.39 is 0 Å². The van der Waals surface area contributed by atoms with E-state index in [9.17, 15) is 4.79 Å². The number of benzene rings is 2. The molecule has 1 amide bonds. The van der Waals surface area contributed by atoms with E-state index in [4.69, 9.17) is 14.0 Å². The largest absolute Gasteiger partial charge is 0.493 e. The maximum absolute atomic E-state index is 13.2. The highest BCUT2D eigenvalue weighted by Crippen LogP contribution is 2.33. The van der Waals surface area contributed by atoms with Gasteiger partial charge in [0.15, 0.2) is 11.5 Å². The van der Waals surface area contributed by atoms with Crippen LogP contribution in [0.25, 0.3) is 11.4 Å². The van der Waals surface area contributed by atoms with Crippen LogP contribution < -0.4 is 19.3 Å². The molecular weight excluding hydrogens is 458 g/mol. The molecule has 36 heavy (non-hydrogen) atoms. The van der Waals surface area contributed by atoms with Crippen LogP contribution in [0.4, 0.5) is 11.7 Å². The molecule has 2 aliphatic heterocycles. The van der Waals surface area contributed by atoms with Crippen LogP contribution in [0, 0.1) is 5.92 Å². The molecule has 0 atom stereocenters. The maximum atomic E-state index is 13.2. The minimum atomic E-state index is 0.0438. The van der Waals surface area contributed by atoms with Gasteiger partial charge in [-0.05, 0) is 50.1 Å². The lowest BCUT2D eigenvalue weighted by Gasteiger charge is -2.39. The number of piperazine rings is 1. The van der Waals surface area contributed by atoms with Gasteiger partial charge in [-0.25, -0.2) is 0 Å². The van der Waals surface area contributed by atoms with Crippen molar-refractivity contribution in [2.45, 2.75) is 19.8 Å². The zero-order valence-corrected chi connectivity index (χ0v) is 20.9. The highest BCUT2D eigenvalue weighted by Gasteiger charge is 2.32. The van der Waals surface area contributed by atoms with Crippen molar-refractivity contribution < 1.29 is 18.8 Å². The molecule has 0 bridgehead atoms. The van der Waals surface area contributed by atoms with Crippen molar-refractivity contribution in [1.82, 2.24) is 15.0 Å². The van der Waals surface area contributed by atoms with E-state index in [1.807, 2.05) is 36.1 Å². The Morgan fingerprint density at radius 2 is 1.72 bits per heavy atom. The number of aromatic nitrogens is 2. The third-order valence-electron chi connectivity index (χ3n) is 6.96. The quantitative estimate of drug-likeness (QED) is 0.495. The molecular formula is C27H33N5O4. The first-order valence-electron chi connectivity index (χ1n) is 12.6. The Labute approximate surface area is 211 Å². The molecule has 1 aromatic heterocycles. The number of para-hydroxylation sites is 1. The van der Waals surface area contributed by atoms with Crippen molar-refractivity contribution in [3.63, 3.8) is 0 Å². The smallest absolute Gasteiger partial charge is 0.324 e. The Hall–Kier alpha value is -3.75. The number of methoxy groups -OCH3 is 1. The normalized spacial score (nSPS) is 16.8. The molecule has 2 aromatic carbocycles. The van der Waals surface area contributed by atoms with Gasteiger partial charge in [-0.3, -0.25) is 4.79 Å². The zero-order valence-electron chi connectivity index (χ0n) is 20.9. The van der Waals surface area contributed by atoms with Gasteiger partial charge in [-0.15, -0.1) is 0 Å². The van der Waals surface area contributed by atoms with Gasteiger partial charge in [-0.1, -0.05) is 23.4 Å². The van der Waals surface area contributed by atoms with Crippen molar-refractivity contribution >= 4 is 17.6 Å². The first-order valence-corrected chi connectivity index (χ1v) is 12.6. The van der Waals surface area contributed by atoms with Gasteiger partial charge in [0, 0.05) is 56.4 Å². The summed E-state index contributed by atoms with van der Waals surface area (Å²) in [6.07, 6.45) is 1.57. The van der Waals surface area contributed by atoms with Crippen LogP contribution in [0.1, 0.15) is 19.8 Å². The van der Waals surface area contributed by atoms with E-state index in [2.05, 4.69) is 44.2 Å². The number of nitrogens with zero attached hydrogens (tertiary/aromatic N) is 5. The summed E-state index contributed by atoms with van der Waals surface area (Å²) in [5.74, 6) is 2.13. The predicted molar refractivity (Wildman–Crippen MR) is 138 cm³/mol. The number of hydrogen-bond acceptors (Lipinski definition) is 8. The minimum Gasteiger partial charge on any atom is -0.493 e. The van der Waals surface area contributed by atoms with Gasteiger partial charge in [0.25, 0.3) is 0 Å². The third kappa shape index (κ3) is 5.10. The van der Waals surface area contributed by atoms with Crippen LogP contribution in [0.5, 0.6) is 11.5 Å². The lowest BCUT2D eigenvalue weighted by molar-refractivity contribution is -0.136. The molecule has 9 nitrogen and oxygen atoms in total. The van der Waals surface area contributed by atoms with E-state index in [1.165, 1.54) is 5.69 Å². The second-order valence-corrected chi connectivity index (χ2v) is 9.11. The molecule has 0 radical (unpaired) electrons. The second kappa shape index (κ2) is 10.9. The molecule has 5 rings (SSSR count). The van der Waals surface area contributed by atoms with Gasteiger partial charge in [0.1, 0.15) is 0 Å². The summed E-state index contributed by atoms with van der Waals surface area (Å²) in [5.41, 5.74) is 2.02. The highest BCUT2D eigenvalue weighted by molar-refractivity contribution is 5.79. The van der Waals surface area contributed by atoms with Crippen LogP contribution in [-0.4, -0.2) is 73.9 Å². The lowest BCUT2D eigenvalue weighted by atomic mass is 9.95.